The van der Waals surface area contributed by atoms with Crippen LogP contribution >= 0.6 is 11.3 Å². The highest BCUT2D eigenvalue weighted by Crippen LogP contribution is 2.35. The van der Waals surface area contributed by atoms with E-state index >= 15 is 0 Å². The van der Waals surface area contributed by atoms with Crippen molar-refractivity contribution in [3.05, 3.63) is 74.6 Å². The Morgan fingerprint density at radius 1 is 1.19 bits per heavy atom. The molecule has 1 unspecified atom stereocenters. The molecular formula is C22H20N2OS. The van der Waals surface area contributed by atoms with Crippen molar-refractivity contribution in [1.82, 2.24) is 9.97 Å². The molecule has 4 aromatic rings. The lowest BCUT2D eigenvalue weighted by atomic mass is 9.89. The molecule has 1 N–H and O–H groups in total. The first kappa shape index (κ1) is 15.8. The summed E-state index contributed by atoms with van der Waals surface area (Å²) in [6.07, 6.45) is 3.89. The predicted molar refractivity (Wildman–Crippen MR) is 108 cm³/mol. The molecule has 2 aromatic heterocycles. The Balaban J connectivity index is 1.61. The lowest BCUT2D eigenvalue weighted by Gasteiger charge is -2.17. The smallest absolute Gasteiger partial charge is 0.259 e. The maximum atomic E-state index is 12.8. The molecule has 0 saturated carbocycles. The van der Waals surface area contributed by atoms with Crippen molar-refractivity contribution in [2.75, 3.05) is 0 Å². The molecule has 4 heteroatoms. The van der Waals surface area contributed by atoms with Crippen LogP contribution in [0.25, 0.3) is 21.0 Å². The van der Waals surface area contributed by atoms with Gasteiger partial charge in [-0.1, -0.05) is 49.4 Å². The standard InChI is InChI=1S/C22H20N2OS/c1-13-9-10-17-18(11-13)26-22-20(17)21(25)23-19(24-22)12-15-7-4-6-14-5-2-3-8-16(14)15/h2-8,13H,9-12H2,1H3,(H,23,24,25). The van der Waals surface area contributed by atoms with E-state index in [-0.39, 0.29) is 5.56 Å². The van der Waals surface area contributed by atoms with Crippen LogP contribution < -0.4 is 5.56 Å². The van der Waals surface area contributed by atoms with Gasteiger partial charge in [-0.05, 0) is 47.1 Å². The summed E-state index contributed by atoms with van der Waals surface area (Å²) in [4.78, 5) is 22.9. The molecular weight excluding hydrogens is 340 g/mol. The average molecular weight is 360 g/mol. The maximum Gasteiger partial charge on any atom is 0.259 e. The third-order valence-electron chi connectivity index (χ3n) is 5.45. The number of fused-ring (bicyclic) bond motifs is 4. The second-order valence-electron chi connectivity index (χ2n) is 7.36. The molecule has 0 saturated heterocycles. The third-order valence-corrected chi connectivity index (χ3v) is 6.60. The number of benzene rings is 2. The maximum absolute atomic E-state index is 12.8. The monoisotopic (exact) mass is 360 g/mol. The summed E-state index contributed by atoms with van der Waals surface area (Å²) in [6.45, 7) is 2.29. The minimum Gasteiger partial charge on any atom is -0.310 e. The molecule has 5 rings (SSSR count). The van der Waals surface area contributed by atoms with E-state index in [1.165, 1.54) is 26.8 Å². The van der Waals surface area contributed by atoms with Crippen molar-refractivity contribution < 1.29 is 0 Å². The van der Waals surface area contributed by atoms with Gasteiger partial charge in [0.15, 0.2) is 0 Å². The zero-order chi connectivity index (χ0) is 17.7. The molecule has 0 amide bonds. The Hall–Kier alpha value is -2.46. The Morgan fingerprint density at radius 2 is 2.04 bits per heavy atom. The van der Waals surface area contributed by atoms with Gasteiger partial charge in [0.25, 0.3) is 5.56 Å². The summed E-state index contributed by atoms with van der Waals surface area (Å²) >= 11 is 1.71. The number of hydrogen-bond acceptors (Lipinski definition) is 3. The minimum absolute atomic E-state index is 0.0253. The molecule has 1 atom stereocenters. The fraction of sp³-hybridized carbons (Fsp3) is 0.273. The van der Waals surface area contributed by atoms with Crippen LogP contribution in [0.2, 0.25) is 0 Å². The van der Waals surface area contributed by atoms with Gasteiger partial charge in [-0.25, -0.2) is 4.98 Å². The second-order valence-corrected chi connectivity index (χ2v) is 8.44. The first-order valence-electron chi connectivity index (χ1n) is 9.19. The quantitative estimate of drug-likeness (QED) is 0.555. The predicted octanol–water partition coefficient (Wildman–Crippen LogP) is 4.85. The van der Waals surface area contributed by atoms with Gasteiger partial charge >= 0.3 is 0 Å². The number of hydrogen-bond donors (Lipinski definition) is 1. The van der Waals surface area contributed by atoms with Gasteiger partial charge in [0.1, 0.15) is 10.7 Å². The number of aromatic amines is 1. The number of nitrogens with one attached hydrogen (secondary N) is 1. The summed E-state index contributed by atoms with van der Waals surface area (Å²) in [5, 5.41) is 3.27. The van der Waals surface area contributed by atoms with Crippen LogP contribution in [0, 0.1) is 5.92 Å². The molecule has 0 bridgehead atoms. The van der Waals surface area contributed by atoms with E-state index < -0.39 is 0 Å². The third kappa shape index (κ3) is 2.56. The molecule has 1 aliphatic carbocycles. The minimum atomic E-state index is 0.0253. The van der Waals surface area contributed by atoms with E-state index in [9.17, 15) is 4.79 Å². The van der Waals surface area contributed by atoms with Crippen LogP contribution in [0.3, 0.4) is 0 Å². The Morgan fingerprint density at radius 3 is 2.96 bits per heavy atom. The molecule has 1 aliphatic rings. The zero-order valence-electron chi connectivity index (χ0n) is 14.7. The second kappa shape index (κ2) is 6.06. The number of H-pyrrole nitrogens is 1. The Bertz CT molecular complexity index is 1180. The highest BCUT2D eigenvalue weighted by atomic mass is 32.1. The molecule has 130 valence electrons. The van der Waals surface area contributed by atoms with E-state index in [2.05, 4.69) is 54.4 Å². The van der Waals surface area contributed by atoms with Gasteiger partial charge in [-0.15, -0.1) is 11.3 Å². The lowest BCUT2D eigenvalue weighted by molar-refractivity contribution is 0.509. The normalized spacial score (nSPS) is 16.9. The lowest BCUT2D eigenvalue weighted by Crippen LogP contribution is -2.15. The highest BCUT2D eigenvalue weighted by molar-refractivity contribution is 7.18. The van der Waals surface area contributed by atoms with Crippen LogP contribution in [0.5, 0.6) is 0 Å². The van der Waals surface area contributed by atoms with Crippen LogP contribution in [-0.2, 0) is 19.3 Å². The number of thiophene rings is 1. The van der Waals surface area contributed by atoms with Gasteiger partial charge in [-0.3, -0.25) is 4.79 Å². The van der Waals surface area contributed by atoms with E-state index in [0.717, 1.165) is 35.3 Å². The van der Waals surface area contributed by atoms with Crippen LogP contribution in [0.4, 0.5) is 0 Å². The summed E-state index contributed by atoms with van der Waals surface area (Å²) in [7, 11) is 0. The molecule has 2 aromatic carbocycles. The van der Waals surface area contributed by atoms with E-state index in [1.807, 2.05) is 0 Å². The summed E-state index contributed by atoms with van der Waals surface area (Å²) in [5.74, 6) is 1.45. The summed E-state index contributed by atoms with van der Waals surface area (Å²) in [6, 6.07) is 14.7. The zero-order valence-corrected chi connectivity index (χ0v) is 15.5. The van der Waals surface area contributed by atoms with Crippen molar-refractivity contribution in [2.24, 2.45) is 5.92 Å². The molecule has 26 heavy (non-hydrogen) atoms. The Labute approximate surface area is 155 Å². The van der Waals surface area contributed by atoms with Crippen LogP contribution in [-0.4, -0.2) is 9.97 Å². The van der Waals surface area contributed by atoms with Gasteiger partial charge in [0.05, 0.1) is 5.39 Å². The SMILES string of the molecule is CC1CCc2c(sc3nc(Cc4cccc5ccccc45)[nH]c(=O)c23)C1. The van der Waals surface area contributed by atoms with Crippen molar-refractivity contribution >= 4 is 32.3 Å². The molecule has 0 radical (unpaired) electrons. The summed E-state index contributed by atoms with van der Waals surface area (Å²) < 4.78 is 0. The van der Waals surface area contributed by atoms with Gasteiger partial charge in [-0.2, -0.15) is 0 Å². The Kier molecular flexibility index (Phi) is 3.68. The highest BCUT2D eigenvalue weighted by Gasteiger charge is 2.23. The fourth-order valence-electron chi connectivity index (χ4n) is 4.10. The summed E-state index contributed by atoms with van der Waals surface area (Å²) in [5.41, 5.74) is 2.46. The van der Waals surface area contributed by atoms with E-state index in [0.29, 0.717) is 12.3 Å². The van der Waals surface area contributed by atoms with Crippen LogP contribution in [0.15, 0.2) is 47.3 Å². The number of nitrogens with zero attached hydrogens (tertiary/aromatic N) is 1. The molecule has 2 heterocycles. The van der Waals surface area contributed by atoms with Crippen molar-refractivity contribution in [3.8, 4) is 0 Å². The first-order valence-corrected chi connectivity index (χ1v) is 10.0. The number of rotatable bonds is 2. The van der Waals surface area contributed by atoms with E-state index in [4.69, 9.17) is 4.98 Å². The first-order chi connectivity index (χ1) is 12.7. The van der Waals surface area contributed by atoms with Gasteiger partial charge in [0, 0.05) is 11.3 Å². The van der Waals surface area contributed by atoms with Gasteiger partial charge < -0.3 is 4.98 Å². The number of aryl methyl sites for hydroxylation is 1. The van der Waals surface area contributed by atoms with Crippen molar-refractivity contribution in [3.63, 3.8) is 0 Å². The molecule has 3 nitrogen and oxygen atoms in total. The average Bonchev–Trinajstić information content (AvgIpc) is 2.99. The van der Waals surface area contributed by atoms with Crippen molar-refractivity contribution in [1.29, 1.82) is 0 Å². The van der Waals surface area contributed by atoms with E-state index in [1.54, 1.807) is 11.3 Å². The van der Waals surface area contributed by atoms with Gasteiger partial charge in [0.2, 0.25) is 0 Å². The largest absolute Gasteiger partial charge is 0.310 e. The van der Waals surface area contributed by atoms with Crippen LogP contribution in [0.1, 0.15) is 35.2 Å². The molecule has 0 spiro atoms. The molecule has 0 fully saturated rings. The fourth-order valence-corrected chi connectivity index (χ4v) is 5.51. The number of aromatic nitrogens is 2. The van der Waals surface area contributed by atoms with Crippen molar-refractivity contribution in [2.45, 2.75) is 32.6 Å². The molecule has 0 aliphatic heterocycles. The topological polar surface area (TPSA) is 45.8 Å².